The standard InChI is InChI=1S/C21H20O3/c1-13-14(2)20(16-8-6-10-18(12-16)24-4)21(22)19(13)15-7-5-9-17(11-15)23-3/h5-12H,1-4H3. The first-order chi connectivity index (χ1) is 11.6. The van der Waals surface area contributed by atoms with Crippen LogP contribution in [0, 0.1) is 0 Å². The van der Waals surface area contributed by atoms with Gasteiger partial charge in [0, 0.05) is 11.1 Å². The van der Waals surface area contributed by atoms with E-state index in [1.807, 2.05) is 62.4 Å². The normalized spacial score (nSPS) is 14.4. The fourth-order valence-corrected chi connectivity index (χ4v) is 3.09. The van der Waals surface area contributed by atoms with Crippen LogP contribution in [-0.4, -0.2) is 20.0 Å². The first kappa shape index (κ1) is 16.1. The summed E-state index contributed by atoms with van der Waals surface area (Å²) in [5, 5.41) is 0. The fraction of sp³-hybridized carbons (Fsp3) is 0.190. The smallest absolute Gasteiger partial charge is 0.194 e. The van der Waals surface area contributed by atoms with Gasteiger partial charge in [0.05, 0.1) is 14.2 Å². The van der Waals surface area contributed by atoms with E-state index >= 15 is 0 Å². The van der Waals surface area contributed by atoms with Gasteiger partial charge in [-0.3, -0.25) is 4.79 Å². The van der Waals surface area contributed by atoms with E-state index in [1.165, 1.54) is 0 Å². The van der Waals surface area contributed by atoms with Crippen LogP contribution in [0.5, 0.6) is 11.5 Å². The molecular weight excluding hydrogens is 300 g/mol. The fourth-order valence-electron chi connectivity index (χ4n) is 3.09. The number of hydrogen-bond acceptors (Lipinski definition) is 3. The zero-order valence-electron chi connectivity index (χ0n) is 14.3. The molecule has 0 spiro atoms. The van der Waals surface area contributed by atoms with Gasteiger partial charge < -0.3 is 9.47 Å². The van der Waals surface area contributed by atoms with Gasteiger partial charge in [-0.1, -0.05) is 24.3 Å². The van der Waals surface area contributed by atoms with Gasteiger partial charge in [-0.05, 0) is 60.4 Å². The van der Waals surface area contributed by atoms with Crippen LogP contribution >= 0.6 is 0 Å². The minimum atomic E-state index is 0.0477. The van der Waals surface area contributed by atoms with Crippen molar-refractivity contribution in [3.63, 3.8) is 0 Å². The molecule has 0 atom stereocenters. The maximum Gasteiger partial charge on any atom is 0.194 e. The van der Waals surface area contributed by atoms with Crippen LogP contribution in [0.1, 0.15) is 25.0 Å². The number of hydrogen-bond donors (Lipinski definition) is 0. The molecule has 0 amide bonds. The van der Waals surface area contributed by atoms with Crippen molar-refractivity contribution in [1.29, 1.82) is 0 Å². The average Bonchev–Trinajstić information content (AvgIpc) is 2.84. The van der Waals surface area contributed by atoms with Gasteiger partial charge in [-0.15, -0.1) is 0 Å². The first-order valence-corrected chi connectivity index (χ1v) is 7.82. The number of methoxy groups -OCH3 is 2. The Kier molecular flexibility index (Phi) is 4.26. The molecule has 1 aliphatic rings. The monoisotopic (exact) mass is 320 g/mol. The van der Waals surface area contributed by atoms with Crippen LogP contribution < -0.4 is 9.47 Å². The second-order valence-electron chi connectivity index (χ2n) is 5.79. The van der Waals surface area contributed by atoms with Crippen molar-refractivity contribution in [2.75, 3.05) is 14.2 Å². The van der Waals surface area contributed by atoms with Crippen molar-refractivity contribution in [3.8, 4) is 11.5 Å². The number of ether oxygens (including phenoxy) is 2. The number of rotatable bonds is 4. The van der Waals surface area contributed by atoms with Gasteiger partial charge in [-0.25, -0.2) is 0 Å². The maximum atomic E-state index is 13.1. The Bertz CT molecular complexity index is 801. The molecule has 1 aliphatic carbocycles. The highest BCUT2D eigenvalue weighted by atomic mass is 16.5. The van der Waals surface area contributed by atoms with Gasteiger partial charge in [0.25, 0.3) is 0 Å². The molecule has 0 saturated heterocycles. The molecule has 0 aromatic heterocycles. The Labute approximate surface area is 142 Å². The quantitative estimate of drug-likeness (QED) is 0.830. The molecule has 2 aromatic carbocycles. The van der Waals surface area contributed by atoms with E-state index < -0.39 is 0 Å². The first-order valence-electron chi connectivity index (χ1n) is 7.82. The van der Waals surface area contributed by atoms with Gasteiger partial charge in [0.15, 0.2) is 5.78 Å². The third-order valence-electron chi connectivity index (χ3n) is 4.48. The van der Waals surface area contributed by atoms with Crippen LogP contribution in [0.4, 0.5) is 0 Å². The number of carbonyl (C=O) groups excluding carboxylic acids is 1. The molecule has 0 N–H and O–H groups in total. The summed E-state index contributed by atoms with van der Waals surface area (Å²) in [6.07, 6.45) is 0. The predicted octanol–water partition coefficient (Wildman–Crippen LogP) is 4.53. The molecule has 0 radical (unpaired) electrons. The van der Waals surface area contributed by atoms with Crippen LogP contribution in [0.3, 0.4) is 0 Å². The van der Waals surface area contributed by atoms with Crippen molar-refractivity contribution in [2.24, 2.45) is 0 Å². The summed E-state index contributed by atoms with van der Waals surface area (Å²) in [6.45, 7) is 3.99. The molecule has 0 fully saturated rings. The van der Waals surface area contributed by atoms with Gasteiger partial charge in [0.1, 0.15) is 11.5 Å². The SMILES string of the molecule is COc1cccc(C2=C(C)C(C)=C(c3cccc(OC)c3)C2=O)c1. The number of allylic oxidation sites excluding steroid dienone is 4. The molecule has 0 aliphatic heterocycles. The zero-order valence-corrected chi connectivity index (χ0v) is 14.3. The summed E-state index contributed by atoms with van der Waals surface area (Å²) in [4.78, 5) is 13.1. The minimum absolute atomic E-state index is 0.0477. The highest BCUT2D eigenvalue weighted by Gasteiger charge is 2.30. The van der Waals surface area contributed by atoms with Crippen LogP contribution in [0.2, 0.25) is 0 Å². The van der Waals surface area contributed by atoms with E-state index in [0.717, 1.165) is 44.9 Å². The predicted molar refractivity (Wildman–Crippen MR) is 96.2 cm³/mol. The van der Waals surface area contributed by atoms with Gasteiger partial charge in [-0.2, -0.15) is 0 Å². The van der Waals surface area contributed by atoms with Crippen LogP contribution in [0.25, 0.3) is 11.1 Å². The molecule has 0 bridgehead atoms. The molecule has 3 nitrogen and oxygen atoms in total. The van der Waals surface area contributed by atoms with E-state index in [-0.39, 0.29) is 5.78 Å². The third kappa shape index (κ3) is 2.62. The van der Waals surface area contributed by atoms with Crippen molar-refractivity contribution in [2.45, 2.75) is 13.8 Å². The topological polar surface area (TPSA) is 35.5 Å². The van der Waals surface area contributed by atoms with Crippen LogP contribution in [0.15, 0.2) is 59.7 Å². The highest BCUT2D eigenvalue weighted by molar-refractivity contribution is 6.46. The van der Waals surface area contributed by atoms with E-state index in [0.29, 0.717) is 0 Å². The van der Waals surface area contributed by atoms with Gasteiger partial charge in [0.2, 0.25) is 0 Å². The molecule has 0 unspecified atom stereocenters. The second-order valence-corrected chi connectivity index (χ2v) is 5.79. The Morgan fingerprint density at radius 2 is 1.12 bits per heavy atom. The van der Waals surface area contributed by atoms with E-state index in [1.54, 1.807) is 14.2 Å². The average molecular weight is 320 g/mol. The summed E-state index contributed by atoms with van der Waals surface area (Å²) >= 11 is 0. The molecule has 3 heteroatoms. The Morgan fingerprint density at radius 1 is 0.708 bits per heavy atom. The zero-order chi connectivity index (χ0) is 17.3. The molecule has 3 rings (SSSR count). The summed E-state index contributed by atoms with van der Waals surface area (Å²) in [5.74, 6) is 1.53. The number of benzene rings is 2. The van der Waals surface area contributed by atoms with Crippen molar-refractivity contribution in [1.82, 2.24) is 0 Å². The van der Waals surface area contributed by atoms with E-state index in [9.17, 15) is 4.79 Å². The second kappa shape index (κ2) is 6.36. The summed E-state index contributed by atoms with van der Waals surface area (Å²) in [5.41, 5.74) is 5.26. The number of carbonyl (C=O) groups is 1. The van der Waals surface area contributed by atoms with E-state index in [4.69, 9.17) is 9.47 Å². The molecule has 122 valence electrons. The van der Waals surface area contributed by atoms with E-state index in [2.05, 4.69) is 0 Å². The van der Waals surface area contributed by atoms with Crippen molar-refractivity contribution >= 4 is 16.9 Å². The number of ketones is 1. The highest BCUT2D eigenvalue weighted by Crippen LogP contribution is 2.41. The lowest BCUT2D eigenvalue weighted by Gasteiger charge is -2.08. The lowest BCUT2D eigenvalue weighted by molar-refractivity contribution is -0.108. The lowest BCUT2D eigenvalue weighted by Crippen LogP contribution is -2.02. The van der Waals surface area contributed by atoms with Crippen molar-refractivity contribution < 1.29 is 14.3 Å². The lowest BCUT2D eigenvalue weighted by atomic mass is 9.96. The molecule has 0 heterocycles. The van der Waals surface area contributed by atoms with Crippen LogP contribution in [-0.2, 0) is 4.79 Å². The third-order valence-corrected chi connectivity index (χ3v) is 4.48. The molecule has 0 saturated carbocycles. The maximum absolute atomic E-state index is 13.1. The largest absolute Gasteiger partial charge is 0.497 e. The number of Topliss-reactive ketones (excluding diaryl/α,β-unsaturated/α-hetero) is 1. The van der Waals surface area contributed by atoms with Gasteiger partial charge >= 0.3 is 0 Å². The Balaban J connectivity index is 2.06. The van der Waals surface area contributed by atoms with Crippen molar-refractivity contribution in [3.05, 3.63) is 70.8 Å². The molecular formula is C21H20O3. The summed E-state index contributed by atoms with van der Waals surface area (Å²) in [7, 11) is 3.25. The Morgan fingerprint density at radius 3 is 1.50 bits per heavy atom. The molecule has 2 aromatic rings. The summed E-state index contributed by atoms with van der Waals surface area (Å²) in [6, 6.07) is 15.3. The Hall–Kier alpha value is -2.81. The summed E-state index contributed by atoms with van der Waals surface area (Å²) < 4.78 is 10.6. The molecule has 24 heavy (non-hydrogen) atoms. The minimum Gasteiger partial charge on any atom is -0.497 e.